The number of anilines is 1. The molecule has 5 rings (SSSR count). The monoisotopic (exact) mass is 537 g/mol. The van der Waals surface area contributed by atoms with Gasteiger partial charge in [0.05, 0.1) is 10.8 Å². The molecular formula is C27H22F3N5O2S. The van der Waals surface area contributed by atoms with Gasteiger partial charge in [-0.05, 0) is 42.3 Å². The van der Waals surface area contributed by atoms with E-state index in [-0.39, 0.29) is 11.7 Å². The third-order valence-corrected chi connectivity index (χ3v) is 7.02. The van der Waals surface area contributed by atoms with Crippen LogP contribution >= 0.6 is 11.8 Å². The summed E-state index contributed by atoms with van der Waals surface area (Å²) in [6.45, 7) is 2.45. The van der Waals surface area contributed by atoms with Gasteiger partial charge in [0, 0.05) is 17.6 Å². The zero-order chi connectivity index (χ0) is 26.7. The van der Waals surface area contributed by atoms with Crippen molar-refractivity contribution in [2.75, 3.05) is 5.32 Å². The number of carbonyl (C=O) groups is 1. The van der Waals surface area contributed by atoms with Gasteiger partial charge in [0.2, 0.25) is 11.1 Å². The fourth-order valence-corrected chi connectivity index (χ4v) is 4.89. The third kappa shape index (κ3) is 5.72. The standard InChI is InChI=1S/C27H22F3N5O2S/c1-2-22(25(36)31-18-12-14-19(15-13-18)37-27(28,29)30)38-26-32-24-23(33-34-26)20-10-6-7-11-21(20)35(24)16-17-8-4-3-5-9-17/h3-15,22H,2,16H2,1H3,(H,31,36)/t22-/m0/s1. The van der Waals surface area contributed by atoms with Crippen molar-refractivity contribution in [2.45, 2.75) is 36.7 Å². The van der Waals surface area contributed by atoms with E-state index in [4.69, 9.17) is 4.98 Å². The van der Waals surface area contributed by atoms with E-state index in [0.717, 1.165) is 28.6 Å². The minimum Gasteiger partial charge on any atom is -0.406 e. The lowest BCUT2D eigenvalue weighted by molar-refractivity contribution is -0.274. The molecule has 5 aromatic rings. The topological polar surface area (TPSA) is 81.9 Å². The molecule has 0 aliphatic heterocycles. The summed E-state index contributed by atoms with van der Waals surface area (Å²) < 4.78 is 43.1. The molecule has 0 bridgehead atoms. The number of hydrogen-bond acceptors (Lipinski definition) is 6. The number of hydrogen-bond donors (Lipinski definition) is 1. The number of benzene rings is 3. The number of aromatic nitrogens is 4. The van der Waals surface area contributed by atoms with Gasteiger partial charge >= 0.3 is 6.36 Å². The first kappa shape index (κ1) is 25.5. The minimum absolute atomic E-state index is 0.324. The SMILES string of the molecule is CC[C@H](Sc1nnc2c3ccccc3n(Cc3ccccc3)c2n1)C(=O)Nc1ccc(OC(F)(F)F)cc1. The number of para-hydroxylation sites is 1. The summed E-state index contributed by atoms with van der Waals surface area (Å²) in [5.41, 5.74) is 3.79. The average Bonchev–Trinajstić information content (AvgIpc) is 3.21. The maximum Gasteiger partial charge on any atom is 0.573 e. The number of carbonyl (C=O) groups excluding carboxylic acids is 1. The summed E-state index contributed by atoms with van der Waals surface area (Å²) in [6.07, 6.45) is -4.31. The molecule has 0 saturated carbocycles. The molecule has 0 aliphatic rings. The molecule has 1 N–H and O–H groups in total. The van der Waals surface area contributed by atoms with Gasteiger partial charge in [-0.2, -0.15) is 0 Å². The van der Waals surface area contributed by atoms with E-state index in [0.29, 0.717) is 35.0 Å². The first-order valence-corrected chi connectivity index (χ1v) is 12.7. The van der Waals surface area contributed by atoms with Gasteiger partial charge < -0.3 is 14.6 Å². The van der Waals surface area contributed by atoms with E-state index in [1.807, 2.05) is 61.5 Å². The highest BCUT2D eigenvalue weighted by Crippen LogP contribution is 2.30. The number of halogens is 3. The molecule has 0 radical (unpaired) electrons. The number of thioether (sulfide) groups is 1. The second-order valence-electron chi connectivity index (χ2n) is 8.43. The molecule has 38 heavy (non-hydrogen) atoms. The van der Waals surface area contributed by atoms with Gasteiger partial charge in [-0.3, -0.25) is 4.79 Å². The highest BCUT2D eigenvalue weighted by atomic mass is 32.2. The van der Waals surface area contributed by atoms with Crippen molar-refractivity contribution >= 4 is 45.4 Å². The van der Waals surface area contributed by atoms with E-state index in [1.54, 1.807) is 0 Å². The summed E-state index contributed by atoms with van der Waals surface area (Å²) in [5.74, 6) is -0.689. The smallest absolute Gasteiger partial charge is 0.406 e. The van der Waals surface area contributed by atoms with Crippen LogP contribution in [0, 0.1) is 0 Å². The first-order chi connectivity index (χ1) is 18.3. The van der Waals surface area contributed by atoms with E-state index >= 15 is 0 Å². The molecule has 0 spiro atoms. The zero-order valence-electron chi connectivity index (χ0n) is 20.1. The highest BCUT2D eigenvalue weighted by Gasteiger charge is 2.31. The van der Waals surface area contributed by atoms with E-state index in [1.165, 1.54) is 23.9 Å². The Hall–Kier alpha value is -4.12. The number of ether oxygens (including phenoxy) is 1. The van der Waals surface area contributed by atoms with Gasteiger partial charge in [0.25, 0.3) is 0 Å². The number of nitrogens with one attached hydrogen (secondary N) is 1. The fourth-order valence-electron chi connectivity index (χ4n) is 4.08. The van der Waals surface area contributed by atoms with Crippen molar-refractivity contribution in [3.8, 4) is 5.75 Å². The molecule has 0 aliphatic carbocycles. The lowest BCUT2D eigenvalue weighted by Crippen LogP contribution is -2.25. The number of nitrogens with zero attached hydrogens (tertiary/aromatic N) is 4. The summed E-state index contributed by atoms with van der Waals surface area (Å²) >= 11 is 1.18. The first-order valence-electron chi connectivity index (χ1n) is 11.8. The Morgan fingerprint density at radius 2 is 1.71 bits per heavy atom. The molecule has 1 atom stereocenters. The fraction of sp³-hybridized carbons (Fsp3) is 0.185. The van der Waals surface area contributed by atoms with Crippen LogP contribution in [-0.4, -0.2) is 37.3 Å². The number of alkyl halides is 3. The lowest BCUT2D eigenvalue weighted by atomic mass is 10.2. The molecule has 194 valence electrons. The van der Waals surface area contributed by atoms with Crippen LogP contribution < -0.4 is 10.1 Å². The van der Waals surface area contributed by atoms with Gasteiger partial charge in [-0.1, -0.05) is 67.2 Å². The van der Waals surface area contributed by atoms with E-state index < -0.39 is 11.6 Å². The van der Waals surface area contributed by atoms with Crippen molar-refractivity contribution in [3.05, 3.63) is 84.4 Å². The van der Waals surface area contributed by atoms with Gasteiger partial charge in [-0.25, -0.2) is 4.98 Å². The Bertz CT molecular complexity index is 1570. The number of amides is 1. The molecule has 2 aromatic heterocycles. The molecule has 2 heterocycles. The van der Waals surface area contributed by atoms with Crippen LogP contribution in [0.5, 0.6) is 5.75 Å². The minimum atomic E-state index is -4.78. The largest absolute Gasteiger partial charge is 0.573 e. The summed E-state index contributed by atoms with van der Waals surface area (Å²) in [5, 5.41) is 12.2. The zero-order valence-corrected chi connectivity index (χ0v) is 21.0. The van der Waals surface area contributed by atoms with Crippen LogP contribution in [0.2, 0.25) is 0 Å². The lowest BCUT2D eigenvalue weighted by Gasteiger charge is -2.14. The second-order valence-corrected chi connectivity index (χ2v) is 9.60. The average molecular weight is 538 g/mol. The molecule has 7 nitrogen and oxygen atoms in total. The normalized spacial score (nSPS) is 12.5. The van der Waals surface area contributed by atoms with Crippen molar-refractivity contribution in [3.63, 3.8) is 0 Å². The summed E-state index contributed by atoms with van der Waals surface area (Å²) in [4.78, 5) is 17.7. The predicted molar refractivity (Wildman–Crippen MR) is 140 cm³/mol. The molecule has 0 saturated heterocycles. The molecule has 1 amide bonds. The summed E-state index contributed by atoms with van der Waals surface area (Å²) in [7, 11) is 0. The summed E-state index contributed by atoms with van der Waals surface area (Å²) in [6, 6.07) is 22.9. The van der Waals surface area contributed by atoms with Crippen LogP contribution in [0.3, 0.4) is 0 Å². The maximum atomic E-state index is 12.9. The Morgan fingerprint density at radius 3 is 2.42 bits per heavy atom. The number of fused-ring (bicyclic) bond motifs is 3. The van der Waals surface area contributed by atoms with Crippen molar-refractivity contribution in [2.24, 2.45) is 0 Å². The second kappa shape index (κ2) is 10.7. The Kier molecular flexibility index (Phi) is 7.19. The Balaban J connectivity index is 1.38. The van der Waals surface area contributed by atoms with Crippen LogP contribution in [0.4, 0.5) is 18.9 Å². The van der Waals surface area contributed by atoms with E-state index in [2.05, 4.69) is 24.8 Å². The van der Waals surface area contributed by atoms with Crippen LogP contribution in [-0.2, 0) is 11.3 Å². The molecule has 0 unspecified atom stereocenters. The van der Waals surface area contributed by atoms with Crippen LogP contribution in [0.15, 0.2) is 84.0 Å². The third-order valence-electron chi connectivity index (χ3n) is 5.80. The van der Waals surface area contributed by atoms with Gasteiger partial charge in [0.15, 0.2) is 5.65 Å². The molecule has 11 heteroatoms. The van der Waals surface area contributed by atoms with E-state index in [9.17, 15) is 18.0 Å². The van der Waals surface area contributed by atoms with Gasteiger partial charge in [-0.15, -0.1) is 23.4 Å². The number of rotatable bonds is 8. The predicted octanol–water partition coefficient (Wildman–Crippen LogP) is 6.44. The van der Waals surface area contributed by atoms with Gasteiger partial charge in [0.1, 0.15) is 11.3 Å². The van der Waals surface area contributed by atoms with Crippen molar-refractivity contribution < 1.29 is 22.7 Å². The Morgan fingerprint density at radius 1 is 1.00 bits per heavy atom. The Labute approximate surface area is 220 Å². The molecular weight excluding hydrogens is 515 g/mol. The molecule has 3 aromatic carbocycles. The maximum absolute atomic E-state index is 12.9. The highest BCUT2D eigenvalue weighted by molar-refractivity contribution is 8.00. The van der Waals surface area contributed by atoms with Crippen LogP contribution in [0.25, 0.3) is 22.1 Å². The molecule has 0 fully saturated rings. The quantitative estimate of drug-likeness (QED) is 0.230. The van der Waals surface area contributed by atoms with Crippen LogP contribution in [0.1, 0.15) is 18.9 Å². The van der Waals surface area contributed by atoms with Crippen molar-refractivity contribution in [1.29, 1.82) is 0 Å². The van der Waals surface area contributed by atoms with Crippen molar-refractivity contribution in [1.82, 2.24) is 19.7 Å².